The first-order valence-corrected chi connectivity index (χ1v) is 11.1. The number of hydrogen-bond donors (Lipinski definition) is 2. The normalized spacial score (nSPS) is 14.3. The van der Waals surface area contributed by atoms with Gasteiger partial charge in [-0.05, 0) is 67.0 Å². The van der Waals surface area contributed by atoms with Crippen LogP contribution < -0.4 is 20.2 Å². The highest BCUT2D eigenvalue weighted by atomic mass is 35.5. The number of hydrogen-bond acceptors (Lipinski definition) is 5. The highest BCUT2D eigenvalue weighted by Gasteiger charge is 2.16. The molecule has 1 aliphatic rings. The molecule has 2 aromatic rings. The lowest BCUT2D eigenvalue weighted by Gasteiger charge is -2.23. The van der Waals surface area contributed by atoms with Crippen LogP contribution in [0.3, 0.4) is 0 Å². The molecule has 9 heteroatoms. The quantitative estimate of drug-likeness (QED) is 0.191. The van der Waals surface area contributed by atoms with E-state index in [0.29, 0.717) is 21.9 Å². The van der Waals surface area contributed by atoms with Gasteiger partial charge in [-0.1, -0.05) is 42.5 Å². The fourth-order valence-electron chi connectivity index (χ4n) is 3.29. The number of benzene rings is 2. The van der Waals surface area contributed by atoms with Gasteiger partial charge in [0.1, 0.15) is 0 Å². The Morgan fingerprint density at radius 1 is 1.13 bits per heavy atom. The number of halogens is 2. The third-order valence-electron chi connectivity index (χ3n) is 4.86. The van der Waals surface area contributed by atoms with Crippen LogP contribution >= 0.6 is 35.4 Å². The van der Waals surface area contributed by atoms with E-state index in [1.165, 1.54) is 38.5 Å². The average Bonchev–Trinajstić information content (AvgIpc) is 2.75. The van der Waals surface area contributed by atoms with Crippen LogP contribution in [0.15, 0.2) is 41.5 Å². The largest absolute Gasteiger partial charge is 0.493 e. The maximum Gasteiger partial charge on any atom is 0.345 e. The van der Waals surface area contributed by atoms with Crippen LogP contribution in [0.2, 0.25) is 10.0 Å². The smallest absolute Gasteiger partial charge is 0.345 e. The molecule has 0 aromatic heterocycles. The van der Waals surface area contributed by atoms with E-state index in [2.05, 4.69) is 15.8 Å². The van der Waals surface area contributed by atoms with E-state index in [-0.39, 0.29) is 16.3 Å². The van der Waals surface area contributed by atoms with Gasteiger partial charge in [-0.25, -0.2) is 4.79 Å². The number of hydrazone groups is 1. The van der Waals surface area contributed by atoms with Crippen LogP contribution in [0.5, 0.6) is 11.5 Å². The Labute approximate surface area is 196 Å². The molecule has 1 fully saturated rings. The Hall–Kier alpha value is -2.35. The fraction of sp³-hybridized carbons (Fsp3) is 0.318. The number of thiocarbonyl (C=S) groups is 1. The van der Waals surface area contributed by atoms with Crippen LogP contribution in [0.4, 0.5) is 0 Å². The van der Waals surface area contributed by atoms with Crippen molar-refractivity contribution in [3.8, 4) is 11.5 Å². The lowest BCUT2D eigenvalue weighted by atomic mass is 9.96. The summed E-state index contributed by atoms with van der Waals surface area (Å²) in [5, 5.41) is 8.60. The molecule has 3 rings (SSSR count). The first kappa shape index (κ1) is 23.3. The third kappa shape index (κ3) is 6.82. The van der Waals surface area contributed by atoms with Crippen molar-refractivity contribution in [1.82, 2.24) is 10.7 Å². The molecule has 31 heavy (non-hydrogen) atoms. The van der Waals surface area contributed by atoms with Crippen molar-refractivity contribution in [3.05, 3.63) is 57.6 Å². The molecule has 0 aliphatic heterocycles. The van der Waals surface area contributed by atoms with Gasteiger partial charge < -0.3 is 14.8 Å². The van der Waals surface area contributed by atoms with E-state index >= 15 is 0 Å². The van der Waals surface area contributed by atoms with Crippen molar-refractivity contribution in [2.75, 3.05) is 7.11 Å². The van der Waals surface area contributed by atoms with E-state index in [1.54, 1.807) is 30.5 Å². The summed E-state index contributed by atoms with van der Waals surface area (Å²) in [6.45, 7) is 0. The van der Waals surface area contributed by atoms with Crippen LogP contribution in [-0.4, -0.2) is 30.4 Å². The second-order valence-electron chi connectivity index (χ2n) is 7.10. The Kier molecular flexibility index (Phi) is 8.51. The molecular weight excluding hydrogens is 457 g/mol. The number of carbonyl (C=O) groups is 1. The third-order valence-corrected chi connectivity index (χ3v) is 5.62. The summed E-state index contributed by atoms with van der Waals surface area (Å²) in [5.74, 6) is 0.0330. The van der Waals surface area contributed by atoms with Gasteiger partial charge in [0.25, 0.3) is 0 Å². The van der Waals surface area contributed by atoms with Crippen molar-refractivity contribution < 1.29 is 14.3 Å². The van der Waals surface area contributed by atoms with Gasteiger partial charge in [-0.3, -0.25) is 5.43 Å². The number of esters is 1. The Morgan fingerprint density at radius 3 is 2.61 bits per heavy atom. The molecule has 6 nitrogen and oxygen atoms in total. The second kappa shape index (κ2) is 11.3. The summed E-state index contributed by atoms with van der Waals surface area (Å²) in [6.07, 6.45) is 7.61. The van der Waals surface area contributed by atoms with Gasteiger partial charge in [-0.2, -0.15) is 5.10 Å². The minimum absolute atomic E-state index is 0.210. The molecule has 2 N–H and O–H groups in total. The summed E-state index contributed by atoms with van der Waals surface area (Å²) >= 11 is 17.2. The van der Waals surface area contributed by atoms with Gasteiger partial charge in [0.15, 0.2) is 16.6 Å². The zero-order valence-electron chi connectivity index (χ0n) is 17.0. The number of carbonyl (C=O) groups excluding carboxylic acids is 1. The molecule has 0 atom stereocenters. The lowest BCUT2D eigenvalue weighted by Crippen LogP contribution is -2.40. The molecule has 2 aromatic carbocycles. The zero-order chi connectivity index (χ0) is 22.2. The van der Waals surface area contributed by atoms with Crippen LogP contribution in [0, 0.1) is 0 Å². The maximum absolute atomic E-state index is 12.4. The molecule has 1 saturated carbocycles. The van der Waals surface area contributed by atoms with Crippen molar-refractivity contribution >= 4 is 52.7 Å². The van der Waals surface area contributed by atoms with E-state index in [1.807, 2.05) is 0 Å². The monoisotopic (exact) mass is 479 g/mol. The van der Waals surface area contributed by atoms with Crippen molar-refractivity contribution in [3.63, 3.8) is 0 Å². The van der Waals surface area contributed by atoms with Gasteiger partial charge in [0.05, 0.1) is 23.9 Å². The van der Waals surface area contributed by atoms with E-state index in [4.69, 9.17) is 44.9 Å². The SMILES string of the molecule is COc1cc(/C=N\NC(=S)NC2CCCCC2)ccc1OC(=O)c1ccc(Cl)cc1Cl. The van der Waals surface area contributed by atoms with E-state index in [9.17, 15) is 4.79 Å². The average molecular weight is 480 g/mol. The summed E-state index contributed by atoms with van der Waals surface area (Å²) in [6, 6.07) is 10.0. The molecule has 0 saturated heterocycles. The van der Waals surface area contributed by atoms with Gasteiger partial charge in [0.2, 0.25) is 0 Å². The highest BCUT2D eigenvalue weighted by Crippen LogP contribution is 2.30. The van der Waals surface area contributed by atoms with Crippen molar-refractivity contribution in [1.29, 1.82) is 0 Å². The number of ether oxygens (including phenoxy) is 2. The predicted molar refractivity (Wildman–Crippen MR) is 128 cm³/mol. The fourth-order valence-corrected chi connectivity index (χ4v) is 3.99. The molecule has 0 radical (unpaired) electrons. The topological polar surface area (TPSA) is 71.9 Å². The molecule has 0 unspecified atom stereocenters. The van der Waals surface area contributed by atoms with Gasteiger partial charge >= 0.3 is 5.97 Å². The maximum atomic E-state index is 12.4. The van der Waals surface area contributed by atoms with Crippen LogP contribution in [-0.2, 0) is 0 Å². The Morgan fingerprint density at radius 2 is 1.90 bits per heavy atom. The lowest BCUT2D eigenvalue weighted by molar-refractivity contribution is 0.0730. The Balaban J connectivity index is 1.60. The van der Waals surface area contributed by atoms with Crippen LogP contribution in [0.1, 0.15) is 48.0 Å². The summed E-state index contributed by atoms with van der Waals surface area (Å²) < 4.78 is 10.8. The second-order valence-corrected chi connectivity index (χ2v) is 8.35. The van der Waals surface area contributed by atoms with Crippen LogP contribution in [0.25, 0.3) is 0 Å². The van der Waals surface area contributed by atoms with Crippen molar-refractivity contribution in [2.45, 2.75) is 38.1 Å². The summed E-state index contributed by atoms with van der Waals surface area (Å²) in [5.41, 5.74) is 3.79. The molecular formula is C22H23Cl2N3O3S. The predicted octanol–water partition coefficient (Wildman–Crippen LogP) is 5.35. The minimum Gasteiger partial charge on any atom is -0.493 e. The Bertz CT molecular complexity index is 978. The molecule has 0 spiro atoms. The molecule has 164 valence electrons. The molecule has 0 heterocycles. The number of rotatable bonds is 6. The number of nitrogens with zero attached hydrogens (tertiary/aromatic N) is 1. The van der Waals surface area contributed by atoms with Gasteiger partial charge in [-0.15, -0.1) is 0 Å². The molecule has 1 aliphatic carbocycles. The highest BCUT2D eigenvalue weighted by molar-refractivity contribution is 7.80. The van der Waals surface area contributed by atoms with Crippen molar-refractivity contribution in [2.24, 2.45) is 5.10 Å². The standard InChI is InChI=1S/C22H23Cl2N3O3S/c1-29-20-11-14(13-25-27-22(31)26-16-5-3-2-4-6-16)7-10-19(20)30-21(28)17-9-8-15(23)12-18(17)24/h7-13,16H,2-6H2,1H3,(H2,26,27,31)/b25-13-. The first-order valence-electron chi connectivity index (χ1n) is 9.91. The van der Waals surface area contributed by atoms with E-state index < -0.39 is 5.97 Å². The molecule has 0 amide bonds. The number of methoxy groups -OCH3 is 1. The zero-order valence-corrected chi connectivity index (χ0v) is 19.3. The summed E-state index contributed by atoms with van der Waals surface area (Å²) in [4.78, 5) is 12.4. The van der Waals surface area contributed by atoms with Gasteiger partial charge in [0, 0.05) is 11.1 Å². The summed E-state index contributed by atoms with van der Waals surface area (Å²) in [7, 11) is 1.49. The minimum atomic E-state index is -0.609. The number of nitrogens with one attached hydrogen (secondary N) is 2. The van der Waals surface area contributed by atoms with E-state index in [0.717, 1.165) is 18.4 Å². The molecule has 0 bridgehead atoms. The first-order chi connectivity index (χ1) is 15.0.